The zero-order valence-electron chi connectivity index (χ0n) is 61.7. The highest BCUT2D eigenvalue weighted by atomic mass is 15.2. The molecule has 1 aliphatic heterocycles. The first-order valence-corrected chi connectivity index (χ1v) is 37.5. The molecule has 0 bridgehead atoms. The van der Waals surface area contributed by atoms with Gasteiger partial charge in [0.05, 0.1) is 6.04 Å². The van der Waals surface area contributed by atoms with Crippen LogP contribution in [-0.4, -0.2) is 12.1 Å². The van der Waals surface area contributed by atoms with Gasteiger partial charge >= 0.3 is 0 Å². The lowest BCUT2D eigenvalue weighted by atomic mass is 9.79. The number of para-hydroxylation sites is 1. The molecule has 0 saturated carbocycles. The molecule has 0 saturated heterocycles. The maximum atomic E-state index is 3.98. The summed E-state index contributed by atoms with van der Waals surface area (Å²) in [5, 5.41) is 0. The standard InChI is InChI=1S/C103H87N3/c1-10-71-28-35-74(36-29-71)77-43-52-86(53-44-77)105(89-58-60-93-91-21-15-17-23-97(91)102(6,7)99(93)66-89)85-50-41-76(42-51-85)73-34-27-70(5)104(84-19-13-12-14-20-84)101-62-49-80(63-83(101)40-39-73)82-33-26-69(4)96(65-82)95-64-81(32-25-68(95)3)79-47-56-88(57-48-79)106(87-54-45-78(46-55-87)75-37-30-72(11-2)31-38-75)90-59-61-94-92-22-16-18-24-98(92)103(8,9)100(94)67-90/h10-39,41-58,60-67,70,90H,1-2,40,59H2,3-9H3/b34-27-,73-39+. The number of rotatable bonds is 15. The third-order valence-electron chi connectivity index (χ3n) is 23.1. The maximum absolute atomic E-state index is 3.98. The Morgan fingerprint density at radius 1 is 0.396 bits per heavy atom. The molecule has 13 aromatic carbocycles. The molecule has 106 heavy (non-hydrogen) atoms. The summed E-state index contributed by atoms with van der Waals surface area (Å²) in [5.74, 6) is 0. The fourth-order valence-electron chi connectivity index (χ4n) is 17.1. The number of hydrogen-bond donors (Lipinski definition) is 0. The van der Waals surface area contributed by atoms with E-state index in [0.29, 0.717) is 0 Å². The van der Waals surface area contributed by atoms with E-state index < -0.39 is 0 Å². The summed E-state index contributed by atoms with van der Waals surface area (Å²) in [7, 11) is 0. The van der Waals surface area contributed by atoms with Crippen LogP contribution >= 0.6 is 0 Å². The van der Waals surface area contributed by atoms with Crippen LogP contribution in [0.4, 0.5) is 39.8 Å². The first kappa shape index (κ1) is 66.9. The van der Waals surface area contributed by atoms with E-state index in [-0.39, 0.29) is 22.9 Å². The fourth-order valence-corrected chi connectivity index (χ4v) is 17.1. The van der Waals surface area contributed by atoms with Crippen molar-refractivity contribution in [2.45, 2.75) is 84.2 Å². The second-order valence-electron chi connectivity index (χ2n) is 30.2. The molecule has 3 heteroatoms. The van der Waals surface area contributed by atoms with Gasteiger partial charge in [-0.1, -0.05) is 284 Å². The van der Waals surface area contributed by atoms with Gasteiger partial charge in [-0.3, -0.25) is 0 Å². The van der Waals surface area contributed by atoms with E-state index in [1.165, 1.54) is 139 Å². The Bertz CT molecular complexity index is 5680. The van der Waals surface area contributed by atoms with Crippen molar-refractivity contribution in [2.75, 3.05) is 14.7 Å². The van der Waals surface area contributed by atoms with Crippen LogP contribution in [0.15, 0.2) is 346 Å². The number of allylic oxidation sites excluding steroid dienone is 5. The lowest BCUT2D eigenvalue weighted by Gasteiger charge is -2.36. The van der Waals surface area contributed by atoms with Crippen LogP contribution in [0.1, 0.15) is 96.7 Å². The highest BCUT2D eigenvalue weighted by Crippen LogP contribution is 2.54. The smallest absolute Gasteiger partial charge is 0.0563 e. The Kier molecular flexibility index (Phi) is 17.3. The topological polar surface area (TPSA) is 9.72 Å². The van der Waals surface area contributed by atoms with Crippen molar-refractivity contribution >= 4 is 63.1 Å². The van der Waals surface area contributed by atoms with E-state index in [1.54, 1.807) is 0 Å². The Balaban J connectivity index is 0.683. The molecule has 2 unspecified atom stereocenters. The molecule has 3 nitrogen and oxygen atoms in total. The van der Waals surface area contributed by atoms with Gasteiger partial charge in [-0.05, 0) is 270 Å². The number of benzene rings is 13. The summed E-state index contributed by atoms with van der Waals surface area (Å²) in [6, 6.07) is 111. The van der Waals surface area contributed by atoms with Crippen molar-refractivity contribution in [3.05, 3.63) is 402 Å². The van der Waals surface area contributed by atoms with Crippen molar-refractivity contribution in [1.29, 1.82) is 0 Å². The summed E-state index contributed by atoms with van der Waals surface area (Å²) in [5.41, 5.74) is 39.0. The average molecular weight is 1370 g/mol. The summed E-state index contributed by atoms with van der Waals surface area (Å²) >= 11 is 0. The lowest BCUT2D eigenvalue weighted by Crippen LogP contribution is -2.32. The molecule has 0 N–H and O–H groups in total. The van der Waals surface area contributed by atoms with E-state index in [4.69, 9.17) is 0 Å². The first-order valence-electron chi connectivity index (χ1n) is 37.5. The Labute approximate surface area is 626 Å². The second-order valence-corrected chi connectivity index (χ2v) is 30.2. The predicted molar refractivity (Wildman–Crippen MR) is 453 cm³/mol. The lowest BCUT2D eigenvalue weighted by molar-refractivity contribution is 0.644. The molecule has 0 aromatic heterocycles. The van der Waals surface area contributed by atoms with Gasteiger partial charge in [0.2, 0.25) is 0 Å². The van der Waals surface area contributed by atoms with Crippen molar-refractivity contribution in [1.82, 2.24) is 0 Å². The predicted octanol–water partition coefficient (Wildman–Crippen LogP) is 27.6. The monoisotopic (exact) mass is 1370 g/mol. The van der Waals surface area contributed by atoms with E-state index in [0.717, 1.165) is 52.4 Å². The van der Waals surface area contributed by atoms with Crippen molar-refractivity contribution < 1.29 is 0 Å². The second kappa shape index (κ2) is 27.4. The molecular weight excluding hydrogens is 1280 g/mol. The minimum atomic E-state index is -0.146. The van der Waals surface area contributed by atoms with E-state index >= 15 is 0 Å². The Morgan fingerprint density at radius 3 is 1.42 bits per heavy atom. The zero-order valence-corrected chi connectivity index (χ0v) is 61.7. The van der Waals surface area contributed by atoms with Gasteiger partial charge in [-0.25, -0.2) is 0 Å². The van der Waals surface area contributed by atoms with Crippen molar-refractivity contribution in [2.24, 2.45) is 0 Å². The molecule has 3 aliphatic carbocycles. The van der Waals surface area contributed by atoms with Gasteiger partial charge in [0.15, 0.2) is 0 Å². The van der Waals surface area contributed by atoms with Crippen LogP contribution in [0.25, 0.3) is 90.1 Å². The van der Waals surface area contributed by atoms with Crippen LogP contribution < -0.4 is 14.7 Å². The van der Waals surface area contributed by atoms with Crippen molar-refractivity contribution in [3.63, 3.8) is 0 Å². The molecule has 0 spiro atoms. The third-order valence-corrected chi connectivity index (χ3v) is 23.1. The molecule has 0 amide bonds. The molecular formula is C103H87N3. The largest absolute Gasteiger partial charge is 0.335 e. The van der Waals surface area contributed by atoms with Crippen LogP contribution in [0.5, 0.6) is 0 Å². The fraction of sp³-hybridized carbons (Fsp3) is 0.126. The molecule has 0 fully saturated rings. The number of fused-ring (bicyclic) bond motifs is 7. The minimum Gasteiger partial charge on any atom is -0.335 e. The van der Waals surface area contributed by atoms with Gasteiger partial charge in [0.1, 0.15) is 0 Å². The van der Waals surface area contributed by atoms with Crippen LogP contribution in [0, 0.1) is 13.8 Å². The number of anilines is 7. The summed E-state index contributed by atoms with van der Waals surface area (Å²) in [6.07, 6.45) is 17.6. The maximum Gasteiger partial charge on any atom is 0.0563 e. The number of nitrogens with zero attached hydrogens (tertiary/aromatic N) is 3. The molecule has 2 atom stereocenters. The van der Waals surface area contributed by atoms with Gasteiger partial charge in [-0.15, -0.1) is 0 Å². The molecule has 1 heterocycles. The molecule has 514 valence electrons. The Hall–Kier alpha value is -12.3. The summed E-state index contributed by atoms with van der Waals surface area (Å²) in [6.45, 7) is 24.3. The molecule has 0 radical (unpaired) electrons. The molecule has 13 aromatic rings. The number of aryl methyl sites for hydroxylation is 2. The van der Waals surface area contributed by atoms with E-state index in [2.05, 4.69) is 404 Å². The first-order chi connectivity index (χ1) is 51.7. The van der Waals surface area contributed by atoms with Crippen LogP contribution in [-0.2, 0) is 17.3 Å². The van der Waals surface area contributed by atoms with Crippen molar-refractivity contribution in [3.8, 4) is 66.8 Å². The summed E-state index contributed by atoms with van der Waals surface area (Å²) < 4.78 is 0. The minimum absolute atomic E-state index is 0.0426. The highest BCUT2D eigenvalue weighted by molar-refractivity contribution is 5.92. The van der Waals surface area contributed by atoms with E-state index in [9.17, 15) is 0 Å². The number of hydrogen-bond acceptors (Lipinski definition) is 3. The molecule has 4 aliphatic rings. The average Bonchev–Trinajstić information content (AvgIpc) is 1.58. The Morgan fingerprint density at radius 2 is 0.849 bits per heavy atom. The van der Waals surface area contributed by atoms with Gasteiger partial charge in [0.25, 0.3) is 0 Å². The normalized spacial score (nSPS) is 16.6. The zero-order chi connectivity index (χ0) is 72.4. The molecule has 17 rings (SSSR count). The van der Waals surface area contributed by atoms with Crippen LogP contribution in [0.3, 0.4) is 0 Å². The van der Waals surface area contributed by atoms with Crippen LogP contribution in [0.2, 0.25) is 0 Å². The van der Waals surface area contributed by atoms with Gasteiger partial charge in [-0.2, -0.15) is 0 Å². The summed E-state index contributed by atoms with van der Waals surface area (Å²) in [4.78, 5) is 7.47. The highest BCUT2D eigenvalue weighted by Gasteiger charge is 2.41. The van der Waals surface area contributed by atoms with Gasteiger partial charge < -0.3 is 14.7 Å². The van der Waals surface area contributed by atoms with E-state index in [1.807, 2.05) is 12.2 Å². The quantitative estimate of drug-likeness (QED) is 0.101. The van der Waals surface area contributed by atoms with Gasteiger partial charge in [0, 0.05) is 56.7 Å². The SMILES string of the molecule is C=Cc1ccc(-c2ccc(N(c3ccc(C4=C/Cc5cc(-c6ccc(C)c(-c7cc(-c8ccc(N(c9ccc(-c%10ccc(C=C)cc%10)cc9)C9C=C%10C(=CC9)c9ccccc9C%10(C)C)cc8)ccc7C)c6)ccc5N(c5ccccc5)C(C)/C=C\4)cc3)c3ccc4c(c3)C(C)(C)c3ccccc3-4)cc2)cc1. The third kappa shape index (κ3) is 12.2.